The van der Waals surface area contributed by atoms with Crippen molar-refractivity contribution in [3.63, 3.8) is 0 Å². The Morgan fingerprint density at radius 1 is 1.14 bits per heavy atom. The second-order valence-corrected chi connectivity index (χ2v) is 6.15. The number of nitrogens with two attached hydrogens (primary N) is 1. The van der Waals surface area contributed by atoms with Crippen LogP contribution in [0.4, 0.5) is 5.69 Å². The van der Waals surface area contributed by atoms with Gasteiger partial charge in [0.15, 0.2) is 0 Å². The standard InChI is InChI=1S/C14H17N3O3S/c15-9-13-5-6-14(10-16-13)21(19,20)17-12-3-1-11(2-4-12)7-8-18/h1-6,10,17-18H,7-9,15H2. The smallest absolute Gasteiger partial charge is 0.263 e. The molecule has 0 bridgehead atoms. The Labute approximate surface area is 123 Å². The van der Waals surface area contributed by atoms with Crippen molar-refractivity contribution < 1.29 is 13.5 Å². The molecule has 0 aliphatic carbocycles. The van der Waals surface area contributed by atoms with E-state index in [1.54, 1.807) is 30.3 Å². The predicted molar refractivity (Wildman–Crippen MR) is 80.2 cm³/mol. The molecule has 0 unspecified atom stereocenters. The lowest BCUT2D eigenvalue weighted by Crippen LogP contribution is -2.13. The molecule has 0 saturated heterocycles. The molecule has 0 amide bonds. The zero-order valence-corrected chi connectivity index (χ0v) is 12.2. The van der Waals surface area contributed by atoms with Crippen molar-refractivity contribution in [1.29, 1.82) is 0 Å². The van der Waals surface area contributed by atoms with E-state index in [2.05, 4.69) is 9.71 Å². The van der Waals surface area contributed by atoms with Gasteiger partial charge in [-0.25, -0.2) is 8.42 Å². The van der Waals surface area contributed by atoms with Gasteiger partial charge in [-0.1, -0.05) is 12.1 Å². The number of hydrogen-bond acceptors (Lipinski definition) is 5. The molecule has 2 aromatic rings. The van der Waals surface area contributed by atoms with Crippen LogP contribution in [0.1, 0.15) is 11.3 Å². The highest BCUT2D eigenvalue weighted by Crippen LogP contribution is 2.16. The van der Waals surface area contributed by atoms with Crippen molar-refractivity contribution in [2.75, 3.05) is 11.3 Å². The first kappa shape index (κ1) is 15.4. The first-order valence-electron chi connectivity index (χ1n) is 6.43. The van der Waals surface area contributed by atoms with Crippen molar-refractivity contribution in [3.8, 4) is 0 Å². The fraction of sp³-hybridized carbons (Fsp3) is 0.214. The molecular weight excluding hydrogens is 290 g/mol. The fourth-order valence-corrected chi connectivity index (χ4v) is 2.78. The predicted octanol–water partition coefficient (Wildman–Crippen LogP) is 0.876. The summed E-state index contributed by atoms with van der Waals surface area (Å²) in [6.07, 6.45) is 1.82. The second-order valence-electron chi connectivity index (χ2n) is 4.47. The van der Waals surface area contributed by atoms with E-state index in [-0.39, 0.29) is 18.0 Å². The Bertz CT molecular complexity index is 682. The molecule has 0 radical (unpaired) electrons. The minimum Gasteiger partial charge on any atom is -0.396 e. The maximum atomic E-state index is 12.2. The van der Waals surface area contributed by atoms with Gasteiger partial charge < -0.3 is 10.8 Å². The summed E-state index contributed by atoms with van der Waals surface area (Å²) in [5.74, 6) is 0. The fourth-order valence-electron chi connectivity index (χ4n) is 1.77. The lowest BCUT2D eigenvalue weighted by atomic mass is 10.1. The molecule has 2 rings (SSSR count). The van der Waals surface area contributed by atoms with E-state index in [0.29, 0.717) is 17.8 Å². The SMILES string of the molecule is NCc1ccc(S(=O)(=O)Nc2ccc(CCO)cc2)cn1. The molecule has 0 spiro atoms. The van der Waals surface area contributed by atoms with Crippen LogP contribution in [-0.2, 0) is 23.0 Å². The number of hydrogen-bond donors (Lipinski definition) is 3. The van der Waals surface area contributed by atoms with Crippen LogP contribution in [0.15, 0.2) is 47.5 Å². The van der Waals surface area contributed by atoms with Gasteiger partial charge in [0.2, 0.25) is 0 Å². The third kappa shape index (κ3) is 4.01. The number of pyridine rings is 1. The minimum absolute atomic E-state index is 0.0598. The van der Waals surface area contributed by atoms with Gasteiger partial charge in [0.1, 0.15) is 4.90 Å². The summed E-state index contributed by atoms with van der Waals surface area (Å²) in [5.41, 5.74) is 7.45. The van der Waals surface area contributed by atoms with Gasteiger partial charge in [-0.05, 0) is 36.2 Å². The summed E-state index contributed by atoms with van der Waals surface area (Å²) in [7, 11) is -3.67. The normalized spacial score (nSPS) is 11.3. The van der Waals surface area contributed by atoms with Crippen LogP contribution >= 0.6 is 0 Å². The van der Waals surface area contributed by atoms with E-state index in [1.165, 1.54) is 12.3 Å². The van der Waals surface area contributed by atoms with Gasteiger partial charge in [0.05, 0.1) is 5.69 Å². The Kier molecular flexibility index (Phi) is 4.89. The van der Waals surface area contributed by atoms with Crippen LogP contribution in [0.3, 0.4) is 0 Å². The number of aromatic nitrogens is 1. The maximum Gasteiger partial charge on any atom is 0.263 e. The van der Waals surface area contributed by atoms with Gasteiger partial charge in [-0.15, -0.1) is 0 Å². The largest absolute Gasteiger partial charge is 0.396 e. The van der Waals surface area contributed by atoms with Crippen LogP contribution in [0.2, 0.25) is 0 Å². The topological polar surface area (TPSA) is 105 Å². The van der Waals surface area contributed by atoms with E-state index >= 15 is 0 Å². The van der Waals surface area contributed by atoms with Crippen LogP contribution in [0.5, 0.6) is 0 Å². The Balaban J connectivity index is 2.16. The van der Waals surface area contributed by atoms with Gasteiger partial charge in [0.25, 0.3) is 10.0 Å². The average Bonchev–Trinajstić information content (AvgIpc) is 2.49. The van der Waals surface area contributed by atoms with E-state index in [1.807, 2.05) is 0 Å². The number of aliphatic hydroxyl groups excluding tert-OH is 1. The maximum absolute atomic E-state index is 12.2. The number of benzene rings is 1. The van der Waals surface area contributed by atoms with Crippen LogP contribution in [0.25, 0.3) is 0 Å². The van der Waals surface area contributed by atoms with Crippen LogP contribution in [0, 0.1) is 0 Å². The molecule has 4 N–H and O–H groups in total. The number of anilines is 1. The molecular formula is C14H17N3O3S. The Morgan fingerprint density at radius 2 is 1.86 bits per heavy atom. The molecule has 0 aliphatic heterocycles. The summed E-state index contributed by atoms with van der Waals surface area (Å²) in [6.45, 7) is 0.324. The summed E-state index contributed by atoms with van der Waals surface area (Å²) >= 11 is 0. The summed E-state index contributed by atoms with van der Waals surface area (Å²) in [6, 6.07) is 9.90. The number of nitrogens with zero attached hydrogens (tertiary/aromatic N) is 1. The van der Waals surface area contributed by atoms with E-state index in [9.17, 15) is 8.42 Å². The summed E-state index contributed by atoms with van der Waals surface area (Å²) < 4.78 is 26.9. The first-order valence-corrected chi connectivity index (χ1v) is 7.91. The van der Waals surface area contributed by atoms with Gasteiger partial charge in [-0.3, -0.25) is 9.71 Å². The van der Waals surface area contributed by atoms with Gasteiger partial charge >= 0.3 is 0 Å². The van der Waals surface area contributed by atoms with Gasteiger partial charge in [-0.2, -0.15) is 0 Å². The zero-order chi connectivity index (χ0) is 15.3. The lowest BCUT2D eigenvalue weighted by Gasteiger charge is -2.09. The van der Waals surface area contributed by atoms with Crippen molar-refractivity contribution in [2.45, 2.75) is 17.9 Å². The highest BCUT2D eigenvalue weighted by atomic mass is 32.2. The lowest BCUT2D eigenvalue weighted by molar-refractivity contribution is 0.299. The molecule has 1 aromatic carbocycles. The molecule has 1 heterocycles. The van der Waals surface area contributed by atoms with Crippen molar-refractivity contribution in [2.24, 2.45) is 5.73 Å². The summed E-state index contributed by atoms with van der Waals surface area (Å²) in [4.78, 5) is 4.05. The van der Waals surface area contributed by atoms with Crippen molar-refractivity contribution >= 4 is 15.7 Å². The molecule has 0 atom stereocenters. The van der Waals surface area contributed by atoms with Crippen LogP contribution in [-0.4, -0.2) is 25.1 Å². The van der Waals surface area contributed by atoms with E-state index in [0.717, 1.165) is 5.56 Å². The number of nitrogens with one attached hydrogen (secondary N) is 1. The number of aliphatic hydroxyl groups is 1. The first-order chi connectivity index (χ1) is 10.0. The molecule has 0 fully saturated rings. The van der Waals surface area contributed by atoms with Crippen molar-refractivity contribution in [3.05, 3.63) is 53.9 Å². The average molecular weight is 307 g/mol. The summed E-state index contributed by atoms with van der Waals surface area (Å²) in [5, 5.41) is 8.84. The van der Waals surface area contributed by atoms with Gasteiger partial charge in [0, 0.05) is 25.0 Å². The highest BCUT2D eigenvalue weighted by Gasteiger charge is 2.14. The minimum atomic E-state index is -3.67. The Hall–Kier alpha value is -1.96. The highest BCUT2D eigenvalue weighted by molar-refractivity contribution is 7.92. The molecule has 0 saturated carbocycles. The van der Waals surface area contributed by atoms with Crippen LogP contribution < -0.4 is 10.5 Å². The third-order valence-corrected chi connectivity index (χ3v) is 4.29. The molecule has 0 aliphatic rings. The molecule has 1 aromatic heterocycles. The molecule has 21 heavy (non-hydrogen) atoms. The quantitative estimate of drug-likeness (QED) is 0.734. The van der Waals surface area contributed by atoms with Crippen molar-refractivity contribution in [1.82, 2.24) is 4.98 Å². The monoisotopic (exact) mass is 307 g/mol. The zero-order valence-electron chi connectivity index (χ0n) is 11.4. The molecule has 7 heteroatoms. The second kappa shape index (κ2) is 6.66. The Morgan fingerprint density at radius 3 is 2.38 bits per heavy atom. The van der Waals surface area contributed by atoms with E-state index in [4.69, 9.17) is 10.8 Å². The third-order valence-electron chi connectivity index (χ3n) is 2.92. The molecule has 112 valence electrons. The molecule has 6 nitrogen and oxygen atoms in total. The number of sulfonamides is 1. The van der Waals surface area contributed by atoms with E-state index < -0.39 is 10.0 Å². The number of rotatable bonds is 6.